The van der Waals surface area contributed by atoms with Gasteiger partial charge in [-0.3, -0.25) is 9.13 Å². The van der Waals surface area contributed by atoms with Gasteiger partial charge in [-0.1, -0.05) is 140 Å². The first kappa shape index (κ1) is 30.1. The molecule has 1 aliphatic rings. The van der Waals surface area contributed by atoms with Gasteiger partial charge in [-0.15, -0.1) is 0 Å². The van der Waals surface area contributed by atoms with Gasteiger partial charge in [0, 0.05) is 38.2 Å². The number of aromatic nitrogens is 3. The first-order chi connectivity index (χ1) is 27.3. The zero-order valence-electron chi connectivity index (χ0n) is 29.8. The Morgan fingerprint density at radius 1 is 0.327 bits per heavy atom. The van der Waals surface area contributed by atoms with Crippen molar-refractivity contribution in [1.82, 2.24) is 14.1 Å². The largest absolute Gasteiger partial charge is 0.309 e. The minimum Gasteiger partial charge on any atom is -0.309 e. The van der Waals surface area contributed by atoms with Gasteiger partial charge in [-0.25, -0.2) is 4.98 Å². The maximum atomic E-state index is 5.47. The van der Waals surface area contributed by atoms with Crippen molar-refractivity contribution in [3.05, 3.63) is 194 Å². The normalized spacial score (nSPS) is 12.3. The molecule has 3 aromatic heterocycles. The minimum atomic E-state index is 0.877. The topological polar surface area (TPSA) is 26.0 Å². The molecule has 4 nitrogen and oxygen atoms in total. The fraction of sp³-hybridized carbons (Fsp3) is 0. The molecule has 12 rings (SSSR count). The first-order valence-corrected chi connectivity index (χ1v) is 18.8. The molecule has 8 aromatic carbocycles. The van der Waals surface area contributed by atoms with Gasteiger partial charge < -0.3 is 4.90 Å². The number of anilines is 3. The lowest BCUT2D eigenvalue weighted by molar-refractivity contribution is 1.01. The molecule has 0 aliphatic carbocycles. The van der Waals surface area contributed by atoms with Crippen LogP contribution in [0, 0.1) is 0 Å². The number of nitrogens with zero attached hydrogens (tertiary/aromatic N) is 4. The minimum absolute atomic E-state index is 0.877. The fourth-order valence-corrected chi connectivity index (χ4v) is 9.20. The van der Waals surface area contributed by atoms with Crippen molar-refractivity contribution < 1.29 is 0 Å². The van der Waals surface area contributed by atoms with Crippen LogP contribution in [0.5, 0.6) is 0 Å². The van der Waals surface area contributed by atoms with E-state index in [0.29, 0.717) is 0 Å². The van der Waals surface area contributed by atoms with E-state index in [9.17, 15) is 0 Å². The molecule has 0 N–H and O–H groups in total. The van der Waals surface area contributed by atoms with E-state index in [1.807, 2.05) is 0 Å². The van der Waals surface area contributed by atoms with Crippen molar-refractivity contribution in [2.45, 2.75) is 0 Å². The number of para-hydroxylation sites is 4. The average Bonchev–Trinajstić information content (AvgIpc) is 3.78. The molecule has 0 amide bonds. The van der Waals surface area contributed by atoms with Gasteiger partial charge in [-0.2, -0.15) is 0 Å². The van der Waals surface area contributed by atoms with E-state index in [4.69, 9.17) is 4.98 Å². The standard InChI is InChI=1S/C51H32N4/c1-3-15-33(16-4-1)35-29-30-39-40-31-32-46-50(51(40)53(34-17-5-2-6-18-34)45-26-13-22-38(35)49(39)45)41-21-9-12-25-44(41)55(46)48-28-14-27-47(52-48)54-42-23-10-7-19-36(42)37-20-8-11-24-43(37)54/h1-32H. The molecule has 0 bridgehead atoms. The molecule has 11 aromatic rings. The maximum absolute atomic E-state index is 5.47. The van der Waals surface area contributed by atoms with E-state index < -0.39 is 0 Å². The van der Waals surface area contributed by atoms with Crippen LogP contribution in [0.2, 0.25) is 0 Å². The lowest BCUT2D eigenvalue weighted by Crippen LogP contribution is -2.15. The Bertz CT molecular complexity index is 3270. The van der Waals surface area contributed by atoms with Crippen molar-refractivity contribution in [2.75, 3.05) is 4.90 Å². The lowest BCUT2D eigenvalue weighted by atomic mass is 9.86. The summed E-state index contributed by atoms with van der Waals surface area (Å²) in [5.74, 6) is 1.77. The monoisotopic (exact) mass is 700 g/mol. The second-order valence-electron chi connectivity index (χ2n) is 14.3. The second-order valence-corrected chi connectivity index (χ2v) is 14.3. The van der Waals surface area contributed by atoms with Crippen LogP contribution in [0.15, 0.2) is 194 Å². The summed E-state index contributed by atoms with van der Waals surface area (Å²) < 4.78 is 4.64. The van der Waals surface area contributed by atoms with E-state index in [1.165, 1.54) is 65.9 Å². The number of fused-ring (bicyclic) bond motifs is 9. The number of benzene rings is 8. The van der Waals surface area contributed by atoms with E-state index in [-0.39, 0.29) is 0 Å². The Hall–Kier alpha value is -7.43. The third-order valence-corrected chi connectivity index (χ3v) is 11.4. The average molecular weight is 701 g/mol. The maximum Gasteiger partial charge on any atom is 0.140 e. The lowest BCUT2D eigenvalue weighted by Gasteiger charge is -2.34. The molecule has 4 heterocycles. The van der Waals surface area contributed by atoms with E-state index in [0.717, 1.165) is 39.4 Å². The van der Waals surface area contributed by atoms with Gasteiger partial charge >= 0.3 is 0 Å². The summed E-state index contributed by atoms with van der Waals surface area (Å²) in [7, 11) is 0. The number of hydrogen-bond acceptors (Lipinski definition) is 2. The Labute approximate surface area is 317 Å². The zero-order valence-corrected chi connectivity index (χ0v) is 29.8. The third kappa shape index (κ3) is 4.25. The molecule has 0 fully saturated rings. The Balaban J connectivity index is 1.15. The van der Waals surface area contributed by atoms with Crippen LogP contribution in [0.3, 0.4) is 0 Å². The van der Waals surface area contributed by atoms with Gasteiger partial charge in [0.05, 0.1) is 33.4 Å². The number of rotatable bonds is 4. The molecule has 0 saturated heterocycles. The summed E-state index contributed by atoms with van der Waals surface area (Å²) in [5, 5.41) is 7.36. The highest BCUT2D eigenvalue weighted by atomic mass is 15.2. The smallest absolute Gasteiger partial charge is 0.140 e. The zero-order chi connectivity index (χ0) is 36.0. The summed E-state index contributed by atoms with van der Waals surface area (Å²) in [6, 6.07) is 70.0. The second kappa shape index (κ2) is 11.5. The fourth-order valence-electron chi connectivity index (χ4n) is 9.20. The van der Waals surface area contributed by atoms with E-state index in [2.05, 4.69) is 208 Å². The molecule has 55 heavy (non-hydrogen) atoms. The molecule has 0 saturated carbocycles. The Morgan fingerprint density at radius 2 is 0.855 bits per heavy atom. The Kier molecular flexibility index (Phi) is 6.31. The van der Waals surface area contributed by atoms with E-state index >= 15 is 0 Å². The van der Waals surface area contributed by atoms with Gasteiger partial charge in [0.15, 0.2) is 0 Å². The molecule has 0 radical (unpaired) electrons. The van der Waals surface area contributed by atoms with Crippen molar-refractivity contribution in [3.63, 3.8) is 0 Å². The summed E-state index contributed by atoms with van der Waals surface area (Å²) in [6.07, 6.45) is 0. The van der Waals surface area contributed by atoms with E-state index in [1.54, 1.807) is 0 Å². The molecular weight excluding hydrogens is 669 g/mol. The van der Waals surface area contributed by atoms with Crippen LogP contribution in [-0.4, -0.2) is 14.1 Å². The molecular formula is C51H32N4. The molecule has 0 unspecified atom stereocenters. The van der Waals surface area contributed by atoms with Crippen LogP contribution in [-0.2, 0) is 0 Å². The van der Waals surface area contributed by atoms with Crippen molar-refractivity contribution in [3.8, 4) is 33.9 Å². The highest BCUT2D eigenvalue weighted by molar-refractivity contribution is 6.25. The van der Waals surface area contributed by atoms with Gasteiger partial charge in [0.1, 0.15) is 11.6 Å². The van der Waals surface area contributed by atoms with Crippen molar-refractivity contribution in [2.24, 2.45) is 0 Å². The van der Waals surface area contributed by atoms with Gasteiger partial charge in [-0.05, 0) is 76.7 Å². The van der Waals surface area contributed by atoms with Crippen LogP contribution in [0.4, 0.5) is 17.1 Å². The summed E-state index contributed by atoms with van der Waals surface area (Å²) in [5.41, 5.74) is 12.9. The van der Waals surface area contributed by atoms with Crippen LogP contribution >= 0.6 is 0 Å². The molecule has 1 aliphatic heterocycles. The number of pyridine rings is 1. The summed E-state index contributed by atoms with van der Waals surface area (Å²) in [4.78, 5) is 7.95. The predicted molar refractivity (Wildman–Crippen MR) is 230 cm³/mol. The molecule has 0 atom stereocenters. The highest BCUT2D eigenvalue weighted by Gasteiger charge is 2.31. The third-order valence-electron chi connectivity index (χ3n) is 11.4. The Morgan fingerprint density at radius 3 is 1.56 bits per heavy atom. The molecule has 0 spiro atoms. The summed E-state index contributed by atoms with van der Waals surface area (Å²) in [6.45, 7) is 0. The quantitative estimate of drug-likeness (QED) is 0.183. The first-order valence-electron chi connectivity index (χ1n) is 18.8. The van der Waals surface area contributed by atoms with Gasteiger partial charge in [0.25, 0.3) is 0 Å². The van der Waals surface area contributed by atoms with Crippen LogP contribution < -0.4 is 4.90 Å². The summed E-state index contributed by atoms with van der Waals surface area (Å²) >= 11 is 0. The molecule has 256 valence electrons. The number of hydrogen-bond donors (Lipinski definition) is 0. The van der Waals surface area contributed by atoms with Crippen molar-refractivity contribution in [1.29, 1.82) is 0 Å². The van der Waals surface area contributed by atoms with Crippen LogP contribution in [0.1, 0.15) is 0 Å². The van der Waals surface area contributed by atoms with Gasteiger partial charge in [0.2, 0.25) is 0 Å². The predicted octanol–water partition coefficient (Wildman–Crippen LogP) is 13.5. The van der Waals surface area contributed by atoms with Crippen LogP contribution in [0.25, 0.3) is 88.3 Å². The van der Waals surface area contributed by atoms with Crippen molar-refractivity contribution >= 4 is 71.4 Å². The SMILES string of the molecule is c1ccc(-c2ccc3c4c(cccc24)N(c2ccccc2)c2c-3ccc3c2c2ccccc2n3-c2cccc(-n3c4ccccc4c4ccccc43)n2)cc1. The highest BCUT2D eigenvalue weighted by Crippen LogP contribution is 2.56. The molecule has 4 heteroatoms.